The Hall–Kier alpha value is -2.84. The molecule has 0 aliphatic heterocycles. The van der Waals surface area contributed by atoms with E-state index in [2.05, 4.69) is 0 Å². The van der Waals surface area contributed by atoms with E-state index in [1.54, 1.807) is 45.0 Å². The van der Waals surface area contributed by atoms with Crippen molar-refractivity contribution in [1.82, 2.24) is 0 Å². The molecule has 24 heavy (non-hydrogen) atoms. The van der Waals surface area contributed by atoms with Gasteiger partial charge in [-0.3, -0.25) is 4.84 Å². The number of hydroxylamine groups is 1. The van der Waals surface area contributed by atoms with Crippen LogP contribution in [0.1, 0.15) is 31.9 Å². The van der Waals surface area contributed by atoms with Crippen molar-refractivity contribution in [2.75, 3.05) is 5.06 Å². The first-order valence-electron chi connectivity index (χ1n) is 7.59. The van der Waals surface area contributed by atoms with Crippen LogP contribution in [-0.2, 0) is 16.2 Å². The van der Waals surface area contributed by atoms with E-state index >= 15 is 0 Å². The molecule has 0 aliphatic rings. The summed E-state index contributed by atoms with van der Waals surface area (Å²) in [5, 5.41) is 10.0. The first-order chi connectivity index (χ1) is 11.4. The second-order valence-electron chi connectivity index (χ2n) is 6.19. The maximum atomic E-state index is 12.4. The molecule has 2 aromatic carbocycles. The van der Waals surface area contributed by atoms with Gasteiger partial charge in [0.1, 0.15) is 12.2 Å². The fourth-order valence-electron chi connectivity index (χ4n) is 1.92. The van der Waals surface area contributed by atoms with E-state index in [4.69, 9.17) is 14.8 Å². The molecule has 0 saturated carbocycles. The highest BCUT2D eigenvalue weighted by Crippen LogP contribution is 2.20. The molecule has 0 aliphatic carbocycles. The van der Waals surface area contributed by atoms with Gasteiger partial charge < -0.3 is 4.74 Å². The number of nitriles is 1. The fourth-order valence-corrected chi connectivity index (χ4v) is 1.92. The highest BCUT2D eigenvalue weighted by Gasteiger charge is 2.24. The van der Waals surface area contributed by atoms with Crippen LogP contribution in [-0.4, -0.2) is 11.7 Å². The van der Waals surface area contributed by atoms with Gasteiger partial charge in [0, 0.05) is 0 Å². The molecule has 0 unspecified atom stereocenters. The smallest absolute Gasteiger partial charge is 0.439 e. The van der Waals surface area contributed by atoms with Gasteiger partial charge in [-0.15, -0.1) is 0 Å². The molecule has 124 valence electrons. The summed E-state index contributed by atoms with van der Waals surface area (Å²) in [5.41, 5.74) is 1.29. The minimum Gasteiger partial charge on any atom is -0.442 e. The van der Waals surface area contributed by atoms with Crippen molar-refractivity contribution in [1.29, 1.82) is 5.26 Å². The normalized spacial score (nSPS) is 10.8. The van der Waals surface area contributed by atoms with Gasteiger partial charge in [0.05, 0.1) is 17.3 Å². The topological polar surface area (TPSA) is 62.6 Å². The number of benzene rings is 2. The lowest BCUT2D eigenvalue weighted by Gasteiger charge is -2.26. The molecule has 0 fully saturated rings. The van der Waals surface area contributed by atoms with Crippen molar-refractivity contribution < 1.29 is 14.4 Å². The van der Waals surface area contributed by atoms with E-state index in [1.807, 2.05) is 36.4 Å². The predicted octanol–water partition coefficient (Wildman–Crippen LogP) is 4.43. The number of amides is 1. The summed E-state index contributed by atoms with van der Waals surface area (Å²) >= 11 is 0. The zero-order chi connectivity index (χ0) is 17.6. The van der Waals surface area contributed by atoms with Gasteiger partial charge in [-0.05, 0) is 50.6 Å². The zero-order valence-corrected chi connectivity index (χ0v) is 14.0. The monoisotopic (exact) mass is 324 g/mol. The van der Waals surface area contributed by atoms with Crippen LogP contribution in [0.2, 0.25) is 0 Å². The average molecular weight is 324 g/mol. The standard InChI is InChI=1S/C19H20N2O3/c1-19(2,3)24-18(22)21(17-11-9-15(13-20)10-12-17)23-14-16-7-5-4-6-8-16/h4-12H,14H2,1-3H3. The van der Waals surface area contributed by atoms with Crippen LogP contribution in [0, 0.1) is 11.3 Å². The van der Waals surface area contributed by atoms with E-state index in [0.29, 0.717) is 11.3 Å². The molecule has 0 saturated heterocycles. The van der Waals surface area contributed by atoms with Crippen LogP contribution in [0.5, 0.6) is 0 Å². The lowest BCUT2D eigenvalue weighted by molar-refractivity contribution is 0.0190. The Labute approximate surface area is 142 Å². The Morgan fingerprint density at radius 2 is 1.71 bits per heavy atom. The maximum Gasteiger partial charge on any atom is 0.439 e. The molecule has 1 amide bonds. The van der Waals surface area contributed by atoms with Crippen LogP contribution in [0.4, 0.5) is 10.5 Å². The van der Waals surface area contributed by atoms with E-state index < -0.39 is 11.7 Å². The molecule has 5 nitrogen and oxygen atoms in total. The summed E-state index contributed by atoms with van der Waals surface area (Å²) < 4.78 is 5.40. The second kappa shape index (κ2) is 7.62. The third-order valence-electron chi connectivity index (χ3n) is 2.99. The van der Waals surface area contributed by atoms with Crippen LogP contribution >= 0.6 is 0 Å². The third-order valence-corrected chi connectivity index (χ3v) is 2.99. The largest absolute Gasteiger partial charge is 0.442 e. The maximum absolute atomic E-state index is 12.4. The quantitative estimate of drug-likeness (QED) is 0.780. The molecule has 0 atom stereocenters. The summed E-state index contributed by atoms with van der Waals surface area (Å²) in [7, 11) is 0. The predicted molar refractivity (Wildman–Crippen MR) is 91.1 cm³/mol. The van der Waals surface area contributed by atoms with Gasteiger partial charge in [-0.25, -0.2) is 4.79 Å². The third kappa shape index (κ3) is 5.11. The zero-order valence-electron chi connectivity index (χ0n) is 14.0. The average Bonchev–Trinajstić information content (AvgIpc) is 2.55. The van der Waals surface area contributed by atoms with Crippen LogP contribution < -0.4 is 5.06 Å². The Morgan fingerprint density at radius 3 is 2.25 bits per heavy atom. The Morgan fingerprint density at radius 1 is 1.08 bits per heavy atom. The van der Waals surface area contributed by atoms with Gasteiger partial charge in [-0.1, -0.05) is 30.3 Å². The Bertz CT molecular complexity index is 713. The number of ether oxygens (including phenoxy) is 1. The number of carbonyl (C=O) groups is 1. The minimum atomic E-state index is -0.641. The summed E-state index contributed by atoms with van der Waals surface area (Å²) in [6, 6.07) is 18.1. The van der Waals surface area contributed by atoms with E-state index in [9.17, 15) is 4.79 Å². The number of hydrogen-bond donors (Lipinski definition) is 0. The first-order valence-corrected chi connectivity index (χ1v) is 7.59. The molecule has 0 N–H and O–H groups in total. The van der Waals surface area contributed by atoms with E-state index in [0.717, 1.165) is 10.6 Å². The van der Waals surface area contributed by atoms with Crippen molar-refractivity contribution >= 4 is 11.8 Å². The molecule has 2 rings (SSSR count). The molecular weight excluding hydrogens is 304 g/mol. The number of nitrogens with zero attached hydrogens (tertiary/aromatic N) is 2. The molecule has 5 heteroatoms. The molecule has 0 bridgehead atoms. The summed E-state index contributed by atoms with van der Waals surface area (Å²) in [6.07, 6.45) is -0.608. The van der Waals surface area contributed by atoms with Crippen molar-refractivity contribution in [3.63, 3.8) is 0 Å². The fraction of sp³-hybridized carbons (Fsp3) is 0.263. The lowest BCUT2D eigenvalue weighted by Crippen LogP contribution is -2.36. The van der Waals surface area contributed by atoms with Crippen molar-refractivity contribution in [3.8, 4) is 6.07 Å². The summed E-state index contributed by atoms with van der Waals surface area (Å²) in [6.45, 7) is 5.59. The number of rotatable bonds is 4. The SMILES string of the molecule is CC(C)(C)OC(=O)N(OCc1ccccc1)c1ccc(C#N)cc1. The van der Waals surface area contributed by atoms with E-state index in [-0.39, 0.29) is 6.61 Å². The van der Waals surface area contributed by atoms with Gasteiger partial charge in [0.2, 0.25) is 0 Å². The van der Waals surface area contributed by atoms with Crippen LogP contribution in [0.25, 0.3) is 0 Å². The Kier molecular flexibility index (Phi) is 5.56. The van der Waals surface area contributed by atoms with Crippen molar-refractivity contribution in [3.05, 3.63) is 65.7 Å². The van der Waals surface area contributed by atoms with Gasteiger partial charge in [-0.2, -0.15) is 10.3 Å². The second-order valence-corrected chi connectivity index (χ2v) is 6.19. The molecule has 0 aromatic heterocycles. The molecule has 2 aromatic rings. The Balaban J connectivity index is 2.19. The summed E-state index contributed by atoms with van der Waals surface area (Å²) in [5.74, 6) is 0. The first kappa shape index (κ1) is 17.5. The van der Waals surface area contributed by atoms with Crippen molar-refractivity contribution in [2.45, 2.75) is 33.0 Å². The van der Waals surface area contributed by atoms with Crippen LogP contribution in [0.3, 0.4) is 0 Å². The summed E-state index contributed by atoms with van der Waals surface area (Å²) in [4.78, 5) is 18.1. The molecule has 0 spiro atoms. The lowest BCUT2D eigenvalue weighted by atomic mass is 10.2. The van der Waals surface area contributed by atoms with Crippen molar-refractivity contribution in [2.24, 2.45) is 0 Å². The number of hydrogen-bond acceptors (Lipinski definition) is 4. The van der Waals surface area contributed by atoms with Gasteiger partial charge in [0.15, 0.2) is 0 Å². The minimum absolute atomic E-state index is 0.222. The molecule has 0 heterocycles. The molecular formula is C19H20N2O3. The highest BCUT2D eigenvalue weighted by atomic mass is 16.7. The number of anilines is 1. The molecule has 0 radical (unpaired) electrons. The van der Waals surface area contributed by atoms with Crippen LogP contribution in [0.15, 0.2) is 54.6 Å². The van der Waals surface area contributed by atoms with Gasteiger partial charge >= 0.3 is 6.09 Å². The van der Waals surface area contributed by atoms with E-state index in [1.165, 1.54) is 0 Å². The number of carbonyl (C=O) groups excluding carboxylic acids is 1. The van der Waals surface area contributed by atoms with Gasteiger partial charge in [0.25, 0.3) is 0 Å². The highest BCUT2D eigenvalue weighted by molar-refractivity contribution is 5.85.